The molecule has 2 rings (SSSR count). The smallest absolute Gasteiger partial charge is 0.417 e. The van der Waals surface area contributed by atoms with E-state index in [9.17, 15) is 4.79 Å². The van der Waals surface area contributed by atoms with E-state index in [1.54, 1.807) is 22.9 Å². The van der Waals surface area contributed by atoms with Crippen molar-refractivity contribution in [3.63, 3.8) is 0 Å². The summed E-state index contributed by atoms with van der Waals surface area (Å²) in [6, 6.07) is 4.64. The molecule has 0 aliphatic rings. The van der Waals surface area contributed by atoms with Gasteiger partial charge in [0.2, 0.25) is 5.91 Å². The summed E-state index contributed by atoms with van der Waals surface area (Å²) in [5.74, 6) is 4.95. The van der Waals surface area contributed by atoms with E-state index in [1.165, 1.54) is 6.07 Å². The van der Waals surface area contributed by atoms with Crippen LogP contribution in [0.15, 0.2) is 24.4 Å². The highest BCUT2D eigenvalue weighted by Gasteiger charge is 2.22. The number of nitrogens with two attached hydrogens (primary N) is 1. The number of benzene rings is 1. The lowest BCUT2D eigenvalue weighted by molar-refractivity contribution is -0.419. The maximum absolute atomic E-state index is 12.5. The van der Waals surface area contributed by atoms with Crippen molar-refractivity contribution in [2.75, 3.05) is 27.2 Å². The van der Waals surface area contributed by atoms with Gasteiger partial charge in [0.15, 0.2) is 0 Å². The van der Waals surface area contributed by atoms with Crippen LogP contribution in [0.2, 0.25) is 0 Å². The van der Waals surface area contributed by atoms with Crippen LogP contribution in [0.4, 0.5) is 0 Å². The van der Waals surface area contributed by atoms with Gasteiger partial charge in [-0.2, -0.15) is 0 Å². The van der Waals surface area contributed by atoms with Gasteiger partial charge in [-0.05, 0) is 50.7 Å². The van der Waals surface area contributed by atoms with Crippen LogP contribution in [-0.2, 0) is 11.3 Å². The fraction of sp³-hybridized carbons (Fsp3) is 0.471. The number of ether oxygens (including phenoxy) is 1. The van der Waals surface area contributed by atoms with E-state index in [-0.39, 0.29) is 18.1 Å². The van der Waals surface area contributed by atoms with E-state index in [4.69, 9.17) is 21.2 Å². The number of rotatable bonds is 9. The van der Waals surface area contributed by atoms with Crippen LogP contribution in [0, 0.1) is 0 Å². The average Bonchev–Trinajstić information content (AvgIpc) is 2.89. The summed E-state index contributed by atoms with van der Waals surface area (Å²) < 4.78 is 6.23. The van der Waals surface area contributed by atoms with Crippen molar-refractivity contribution in [2.45, 2.75) is 25.4 Å². The molecule has 0 fully saturated rings. The fourth-order valence-electron chi connectivity index (χ4n) is 2.68. The van der Waals surface area contributed by atoms with Crippen LogP contribution in [0.3, 0.4) is 0 Å². The molecule has 0 spiro atoms. The third-order valence-corrected chi connectivity index (χ3v) is 3.86. The molecule has 0 aliphatic carbocycles. The predicted molar refractivity (Wildman–Crippen MR) is 94.2 cm³/mol. The van der Waals surface area contributed by atoms with Gasteiger partial charge in [0, 0.05) is 24.5 Å². The van der Waals surface area contributed by atoms with Gasteiger partial charge >= 0.3 is 6.16 Å². The molecule has 0 radical (unpaired) electrons. The van der Waals surface area contributed by atoms with E-state index in [0.717, 1.165) is 17.5 Å². The molecule has 1 aromatic heterocycles. The Morgan fingerprint density at radius 3 is 2.65 bits per heavy atom. The molecule has 1 aromatic carbocycles. The third-order valence-electron chi connectivity index (χ3n) is 3.86. The Balaban J connectivity index is 2.38. The molecule has 0 saturated heterocycles. The Kier molecular flexibility index (Phi) is 6.70. The Labute approximate surface area is 151 Å². The SMILES string of the molecule is CN(C)CCc1cn(C(=O)CCCON)c2ccc(OC(O)(O)O)cc12. The van der Waals surface area contributed by atoms with E-state index >= 15 is 0 Å². The minimum absolute atomic E-state index is 0.0674. The van der Waals surface area contributed by atoms with Crippen LogP contribution < -0.4 is 10.6 Å². The van der Waals surface area contributed by atoms with Gasteiger partial charge in [-0.3, -0.25) is 9.36 Å². The second-order valence-electron chi connectivity index (χ2n) is 6.30. The number of fused-ring (bicyclic) bond motifs is 1. The molecule has 0 bridgehead atoms. The first kappa shape index (κ1) is 20.3. The lowest BCUT2D eigenvalue weighted by atomic mass is 10.1. The van der Waals surface area contributed by atoms with Crippen molar-refractivity contribution >= 4 is 16.8 Å². The quantitative estimate of drug-likeness (QED) is 0.277. The Bertz CT molecular complexity index is 751. The van der Waals surface area contributed by atoms with Gasteiger partial charge in [-0.15, -0.1) is 0 Å². The molecule has 2 aromatic rings. The predicted octanol–water partition coefficient (Wildman–Crippen LogP) is 0.0231. The molecule has 1 heterocycles. The van der Waals surface area contributed by atoms with Crippen molar-refractivity contribution in [2.24, 2.45) is 5.90 Å². The van der Waals surface area contributed by atoms with Gasteiger partial charge in [0.1, 0.15) is 5.75 Å². The largest absolute Gasteiger partial charge is 0.453 e. The zero-order valence-electron chi connectivity index (χ0n) is 14.9. The summed E-state index contributed by atoms with van der Waals surface area (Å²) in [5, 5.41) is 27.7. The van der Waals surface area contributed by atoms with Gasteiger partial charge in [-0.25, -0.2) is 5.90 Å². The summed E-state index contributed by atoms with van der Waals surface area (Å²) in [5.41, 5.74) is 1.58. The Hall–Kier alpha value is -2.01. The van der Waals surface area contributed by atoms with Crippen molar-refractivity contribution in [3.8, 4) is 5.75 Å². The lowest BCUT2D eigenvalue weighted by Gasteiger charge is -2.15. The summed E-state index contributed by atoms with van der Waals surface area (Å²) >= 11 is 0. The summed E-state index contributed by atoms with van der Waals surface area (Å²) in [6.45, 7) is 1.06. The molecular formula is C17H25N3O6. The van der Waals surface area contributed by atoms with Crippen LogP contribution in [-0.4, -0.2) is 64.1 Å². The number of nitrogens with zero attached hydrogens (tertiary/aromatic N) is 2. The standard InChI is InChI=1S/C17H25N3O6/c1-19(2)8-7-12-11-20(16(21)4-3-9-25-18)15-6-5-13(10-14(12)15)26-17(22,23)24/h5-6,10-11,22-24H,3-4,7-9,18H2,1-2H3. The van der Waals surface area contributed by atoms with Gasteiger partial charge in [0.25, 0.3) is 0 Å². The molecule has 0 atom stereocenters. The highest BCUT2D eigenvalue weighted by atomic mass is 16.9. The molecule has 0 saturated carbocycles. The van der Waals surface area contributed by atoms with E-state index in [0.29, 0.717) is 25.0 Å². The molecule has 9 nitrogen and oxygen atoms in total. The van der Waals surface area contributed by atoms with Gasteiger partial charge in [-0.1, -0.05) is 0 Å². The van der Waals surface area contributed by atoms with Gasteiger partial charge < -0.3 is 29.8 Å². The van der Waals surface area contributed by atoms with Crippen LogP contribution in [0.1, 0.15) is 23.2 Å². The van der Waals surface area contributed by atoms with Crippen LogP contribution in [0.5, 0.6) is 5.75 Å². The number of carbonyl (C=O) groups is 1. The minimum atomic E-state index is -3.27. The fourth-order valence-corrected chi connectivity index (χ4v) is 2.68. The molecule has 26 heavy (non-hydrogen) atoms. The van der Waals surface area contributed by atoms with Crippen LogP contribution in [0.25, 0.3) is 10.9 Å². The van der Waals surface area contributed by atoms with E-state index < -0.39 is 6.16 Å². The van der Waals surface area contributed by atoms with E-state index in [2.05, 4.69) is 9.57 Å². The monoisotopic (exact) mass is 367 g/mol. The number of aromatic nitrogens is 1. The zero-order valence-corrected chi connectivity index (χ0v) is 14.9. The molecule has 5 N–H and O–H groups in total. The maximum Gasteiger partial charge on any atom is 0.453 e. The molecular weight excluding hydrogens is 342 g/mol. The maximum atomic E-state index is 12.5. The Morgan fingerprint density at radius 1 is 1.31 bits per heavy atom. The van der Waals surface area contributed by atoms with Crippen molar-refractivity contribution in [3.05, 3.63) is 30.0 Å². The number of likely N-dealkylation sites (N-methyl/N-ethyl adjacent to an activating group) is 1. The molecule has 0 unspecified atom stereocenters. The number of hydrogen-bond acceptors (Lipinski definition) is 8. The van der Waals surface area contributed by atoms with Crippen molar-refractivity contribution in [1.82, 2.24) is 9.47 Å². The topological polar surface area (TPSA) is 130 Å². The van der Waals surface area contributed by atoms with Crippen molar-refractivity contribution in [1.29, 1.82) is 0 Å². The number of hydrogen-bond donors (Lipinski definition) is 4. The summed E-state index contributed by atoms with van der Waals surface area (Å²) in [6.07, 6.45) is -0.0297. The second-order valence-corrected chi connectivity index (χ2v) is 6.30. The first-order valence-corrected chi connectivity index (χ1v) is 8.21. The van der Waals surface area contributed by atoms with Crippen molar-refractivity contribution < 1.29 is 29.7 Å². The zero-order chi connectivity index (χ0) is 19.3. The third kappa shape index (κ3) is 5.49. The average molecular weight is 367 g/mol. The Morgan fingerprint density at radius 2 is 2.04 bits per heavy atom. The number of carbonyl (C=O) groups excluding carboxylic acids is 1. The normalized spacial score (nSPS) is 12.1. The second kappa shape index (κ2) is 8.58. The van der Waals surface area contributed by atoms with E-state index in [1.807, 2.05) is 19.0 Å². The van der Waals surface area contributed by atoms with Crippen LogP contribution >= 0.6 is 0 Å². The van der Waals surface area contributed by atoms with Gasteiger partial charge in [0.05, 0.1) is 12.1 Å². The molecule has 9 heteroatoms. The highest BCUT2D eigenvalue weighted by molar-refractivity contribution is 5.95. The minimum Gasteiger partial charge on any atom is -0.417 e. The lowest BCUT2D eigenvalue weighted by Crippen LogP contribution is -2.34. The number of aliphatic hydroxyl groups is 3. The summed E-state index contributed by atoms with van der Waals surface area (Å²) in [7, 11) is 3.90. The summed E-state index contributed by atoms with van der Waals surface area (Å²) in [4.78, 5) is 19.0. The molecule has 0 amide bonds. The first-order valence-electron chi connectivity index (χ1n) is 8.21. The highest BCUT2D eigenvalue weighted by Crippen LogP contribution is 2.28. The molecule has 0 aliphatic heterocycles. The first-order chi connectivity index (χ1) is 12.2. The molecule has 144 valence electrons.